The third kappa shape index (κ3) is 4.51. The number of aromatic nitrogens is 2. The molecular formula is C24H16ClF2N3O4. The van der Waals surface area contributed by atoms with Crippen molar-refractivity contribution in [3.8, 4) is 5.75 Å². The smallest absolute Gasteiger partial charge is 0.244 e. The van der Waals surface area contributed by atoms with E-state index in [4.69, 9.17) is 16.3 Å². The Morgan fingerprint density at radius 1 is 1.12 bits per heavy atom. The number of rotatable bonds is 6. The molecule has 1 amide bonds. The number of nitrogens with zero attached hydrogens (tertiary/aromatic N) is 2. The number of nitrogens with one attached hydrogen (secondary N) is 1. The standard InChI is InChI=1S/C24H16ClF2N3O4/c1-34-21-9-15-20(10-17(21)25)30(12-22(31)29-19-3-2-14(26)8-18(19)27)11-16(24(15)33)23(32)13-4-6-28-7-5-13/h2-11H,12H2,1H3,(H,29,31). The SMILES string of the molecule is COc1cc2c(=O)c(C(=O)c3ccncc3)cn(CC(=O)Nc3ccc(F)cc3F)c2cc1Cl. The summed E-state index contributed by atoms with van der Waals surface area (Å²) in [7, 11) is 1.38. The fourth-order valence-corrected chi connectivity index (χ4v) is 3.67. The molecule has 0 spiro atoms. The average Bonchev–Trinajstić information content (AvgIpc) is 2.82. The minimum atomic E-state index is -0.945. The van der Waals surface area contributed by atoms with Gasteiger partial charge < -0.3 is 14.6 Å². The highest BCUT2D eigenvalue weighted by molar-refractivity contribution is 6.32. The highest BCUT2D eigenvalue weighted by atomic mass is 35.5. The molecule has 10 heteroatoms. The van der Waals surface area contributed by atoms with Gasteiger partial charge in [0.2, 0.25) is 11.3 Å². The molecule has 0 saturated heterocycles. The first-order valence-corrected chi connectivity index (χ1v) is 10.3. The topological polar surface area (TPSA) is 90.3 Å². The van der Waals surface area contributed by atoms with Crippen molar-refractivity contribution in [3.05, 3.63) is 99.1 Å². The van der Waals surface area contributed by atoms with E-state index in [1.807, 2.05) is 0 Å². The van der Waals surface area contributed by atoms with Crippen LogP contribution in [0.15, 0.2) is 65.8 Å². The molecule has 4 rings (SSSR count). The number of anilines is 1. The predicted molar refractivity (Wildman–Crippen MR) is 122 cm³/mol. The Morgan fingerprint density at radius 3 is 2.53 bits per heavy atom. The van der Waals surface area contributed by atoms with Gasteiger partial charge in [-0.25, -0.2) is 8.78 Å². The molecule has 2 aromatic carbocycles. The molecule has 0 unspecified atom stereocenters. The normalized spacial score (nSPS) is 10.8. The summed E-state index contributed by atoms with van der Waals surface area (Å²) in [4.78, 5) is 42.8. The molecule has 34 heavy (non-hydrogen) atoms. The van der Waals surface area contributed by atoms with Gasteiger partial charge in [0.05, 0.1) is 34.3 Å². The number of carbonyl (C=O) groups is 2. The maximum atomic E-state index is 14.0. The number of hydrogen-bond donors (Lipinski definition) is 1. The number of ketones is 1. The molecule has 2 aromatic heterocycles. The molecule has 0 aliphatic heterocycles. The maximum absolute atomic E-state index is 14.0. The minimum Gasteiger partial charge on any atom is -0.495 e. The summed E-state index contributed by atoms with van der Waals surface area (Å²) in [5.41, 5.74) is -0.491. The van der Waals surface area contributed by atoms with Crippen molar-refractivity contribution in [2.45, 2.75) is 6.54 Å². The Kier molecular flexibility index (Phi) is 6.38. The number of benzene rings is 2. The van der Waals surface area contributed by atoms with Gasteiger partial charge in [-0.15, -0.1) is 0 Å². The lowest BCUT2D eigenvalue weighted by Crippen LogP contribution is -2.24. The number of carbonyl (C=O) groups excluding carboxylic acids is 2. The maximum Gasteiger partial charge on any atom is 0.244 e. The van der Waals surface area contributed by atoms with Crippen LogP contribution in [0.4, 0.5) is 14.5 Å². The van der Waals surface area contributed by atoms with Crippen molar-refractivity contribution in [1.29, 1.82) is 0 Å². The van der Waals surface area contributed by atoms with Crippen molar-refractivity contribution >= 4 is 39.9 Å². The second-order valence-electron chi connectivity index (χ2n) is 7.24. The van der Waals surface area contributed by atoms with Crippen molar-refractivity contribution < 1.29 is 23.1 Å². The third-order valence-electron chi connectivity index (χ3n) is 5.06. The van der Waals surface area contributed by atoms with Crippen LogP contribution in [0.3, 0.4) is 0 Å². The van der Waals surface area contributed by atoms with Crippen molar-refractivity contribution in [2.24, 2.45) is 0 Å². The van der Waals surface area contributed by atoms with E-state index in [1.165, 1.54) is 54.5 Å². The Balaban J connectivity index is 1.81. The zero-order valence-electron chi connectivity index (χ0n) is 17.6. The second kappa shape index (κ2) is 9.40. The summed E-state index contributed by atoms with van der Waals surface area (Å²) < 4.78 is 33.7. The number of halogens is 3. The fraction of sp³-hybridized carbons (Fsp3) is 0.0833. The summed E-state index contributed by atoms with van der Waals surface area (Å²) >= 11 is 6.23. The van der Waals surface area contributed by atoms with Crippen molar-refractivity contribution in [2.75, 3.05) is 12.4 Å². The van der Waals surface area contributed by atoms with Crippen LogP contribution in [0.2, 0.25) is 5.02 Å². The molecule has 0 saturated carbocycles. The lowest BCUT2D eigenvalue weighted by molar-refractivity contribution is -0.116. The summed E-state index contributed by atoms with van der Waals surface area (Å²) in [5.74, 6) is -2.76. The molecule has 2 heterocycles. The Bertz CT molecular complexity index is 1490. The largest absolute Gasteiger partial charge is 0.495 e. The first-order chi connectivity index (χ1) is 16.3. The predicted octanol–water partition coefficient (Wildman–Crippen LogP) is 4.21. The van der Waals surface area contributed by atoms with Gasteiger partial charge in [-0.2, -0.15) is 0 Å². The molecule has 4 aromatic rings. The first kappa shape index (κ1) is 23.1. The van der Waals surface area contributed by atoms with E-state index in [2.05, 4.69) is 10.3 Å². The Hall–Kier alpha value is -4.11. The highest BCUT2D eigenvalue weighted by Crippen LogP contribution is 2.29. The molecule has 0 radical (unpaired) electrons. The van der Waals surface area contributed by atoms with E-state index < -0.39 is 35.3 Å². The summed E-state index contributed by atoms with van der Waals surface area (Å²) in [6, 6.07) is 8.48. The van der Waals surface area contributed by atoms with Crippen LogP contribution in [0.1, 0.15) is 15.9 Å². The number of hydrogen-bond acceptors (Lipinski definition) is 5. The number of pyridine rings is 2. The van der Waals surface area contributed by atoms with Crippen molar-refractivity contribution in [3.63, 3.8) is 0 Å². The molecule has 0 fully saturated rings. The molecule has 1 N–H and O–H groups in total. The zero-order chi connectivity index (χ0) is 24.4. The van der Waals surface area contributed by atoms with E-state index in [9.17, 15) is 23.2 Å². The highest BCUT2D eigenvalue weighted by Gasteiger charge is 2.20. The number of fused-ring (bicyclic) bond motifs is 1. The van der Waals surface area contributed by atoms with Crippen LogP contribution >= 0.6 is 11.6 Å². The van der Waals surface area contributed by atoms with Gasteiger partial charge >= 0.3 is 0 Å². The monoisotopic (exact) mass is 483 g/mol. The van der Waals surface area contributed by atoms with Crippen LogP contribution in [-0.4, -0.2) is 28.4 Å². The summed E-state index contributed by atoms with van der Waals surface area (Å²) in [6.45, 7) is -0.396. The first-order valence-electron chi connectivity index (χ1n) is 9.89. The van der Waals surface area contributed by atoms with Crippen molar-refractivity contribution in [1.82, 2.24) is 9.55 Å². The van der Waals surface area contributed by atoms with Crippen LogP contribution in [0.5, 0.6) is 5.75 Å². The van der Waals surface area contributed by atoms with Crippen LogP contribution < -0.4 is 15.5 Å². The van der Waals surface area contributed by atoms with Gasteiger partial charge in [0.15, 0.2) is 5.78 Å². The van der Waals surface area contributed by atoms with Gasteiger partial charge in [-0.3, -0.25) is 19.4 Å². The molecular weight excluding hydrogens is 468 g/mol. The van der Waals surface area contributed by atoms with Crippen LogP contribution in [0, 0.1) is 11.6 Å². The number of amides is 1. The number of ether oxygens (including phenoxy) is 1. The third-order valence-corrected chi connectivity index (χ3v) is 5.36. The summed E-state index contributed by atoms with van der Waals surface area (Å²) in [6.07, 6.45) is 4.08. The van der Waals surface area contributed by atoms with Gasteiger partial charge in [0, 0.05) is 30.2 Å². The molecule has 172 valence electrons. The van der Waals surface area contributed by atoms with Gasteiger partial charge in [-0.05, 0) is 36.4 Å². The van der Waals surface area contributed by atoms with E-state index >= 15 is 0 Å². The Labute approximate surface area is 196 Å². The number of methoxy groups -OCH3 is 1. The lowest BCUT2D eigenvalue weighted by Gasteiger charge is -2.15. The van der Waals surface area contributed by atoms with Gasteiger partial charge in [0.1, 0.15) is 23.9 Å². The quantitative estimate of drug-likeness (QED) is 0.415. The van der Waals surface area contributed by atoms with Crippen LogP contribution in [-0.2, 0) is 11.3 Å². The average molecular weight is 484 g/mol. The van der Waals surface area contributed by atoms with E-state index in [-0.39, 0.29) is 38.5 Å². The molecule has 7 nitrogen and oxygen atoms in total. The lowest BCUT2D eigenvalue weighted by atomic mass is 10.0. The van der Waals surface area contributed by atoms with Crippen LogP contribution in [0.25, 0.3) is 10.9 Å². The zero-order valence-corrected chi connectivity index (χ0v) is 18.4. The molecule has 0 atom stereocenters. The Morgan fingerprint density at radius 2 is 1.85 bits per heavy atom. The second-order valence-corrected chi connectivity index (χ2v) is 7.65. The van der Waals surface area contributed by atoms with E-state index in [1.54, 1.807) is 0 Å². The van der Waals surface area contributed by atoms with Gasteiger partial charge in [0.25, 0.3) is 0 Å². The van der Waals surface area contributed by atoms with Gasteiger partial charge in [-0.1, -0.05) is 11.6 Å². The molecule has 0 aliphatic rings. The van der Waals surface area contributed by atoms with E-state index in [0.717, 1.165) is 12.1 Å². The summed E-state index contributed by atoms with van der Waals surface area (Å²) in [5, 5.41) is 2.63. The minimum absolute atomic E-state index is 0.0990. The van der Waals surface area contributed by atoms with E-state index in [0.29, 0.717) is 6.07 Å². The molecule has 0 bridgehead atoms. The molecule has 0 aliphatic carbocycles. The fourth-order valence-electron chi connectivity index (χ4n) is 3.43.